The van der Waals surface area contributed by atoms with Crippen molar-refractivity contribution in [1.82, 2.24) is 0 Å². The average molecular weight is 459 g/mol. The standard InChI is InChI=1S/C30H50O3/c1-18(2)21-9-15-30(17-33-20(4)31)16-11-24-22(27(21)30)7-8-26-28(5)14-12-25(32)19(3)23(28)10-13-29(24,26)6/h18-19,21-27,32H,7-17H2,1-6H3/t19-,21+,22?,23?,24?,25?,26?,27?,28+,29+,30?/m1/s1. The normalized spacial score (nSPS) is 53.6. The summed E-state index contributed by atoms with van der Waals surface area (Å²) >= 11 is 0. The number of esters is 1. The Hall–Kier alpha value is -0.570. The molecule has 0 aliphatic heterocycles. The molecule has 0 saturated heterocycles. The number of ether oxygens (including phenoxy) is 1. The third kappa shape index (κ3) is 3.48. The Morgan fingerprint density at radius 2 is 1.58 bits per heavy atom. The van der Waals surface area contributed by atoms with Gasteiger partial charge in [-0.2, -0.15) is 0 Å². The van der Waals surface area contributed by atoms with E-state index >= 15 is 0 Å². The maximum absolute atomic E-state index is 11.8. The smallest absolute Gasteiger partial charge is 0.302 e. The molecular formula is C30H50O3. The van der Waals surface area contributed by atoms with Crippen molar-refractivity contribution in [2.45, 2.75) is 112 Å². The Kier molecular flexibility index (Phi) is 6.03. The van der Waals surface area contributed by atoms with E-state index in [1.165, 1.54) is 57.8 Å². The van der Waals surface area contributed by atoms with Gasteiger partial charge in [0.1, 0.15) is 0 Å². The molecule has 3 heteroatoms. The molecule has 7 unspecified atom stereocenters. The van der Waals surface area contributed by atoms with Crippen molar-refractivity contribution in [3.8, 4) is 0 Å². The van der Waals surface area contributed by atoms with Gasteiger partial charge in [-0.25, -0.2) is 0 Å². The molecule has 5 rings (SSSR count). The van der Waals surface area contributed by atoms with Crippen LogP contribution in [0.25, 0.3) is 0 Å². The van der Waals surface area contributed by atoms with Crippen molar-refractivity contribution in [2.75, 3.05) is 6.61 Å². The lowest BCUT2D eigenvalue weighted by Gasteiger charge is -2.68. The Labute approximate surface area is 202 Å². The van der Waals surface area contributed by atoms with E-state index in [0.717, 1.165) is 36.0 Å². The van der Waals surface area contributed by atoms with Gasteiger partial charge >= 0.3 is 5.97 Å². The van der Waals surface area contributed by atoms with Crippen LogP contribution in [-0.4, -0.2) is 23.8 Å². The first-order valence-electron chi connectivity index (χ1n) is 14.3. The minimum atomic E-state index is -0.103. The summed E-state index contributed by atoms with van der Waals surface area (Å²) in [5, 5.41) is 10.6. The summed E-state index contributed by atoms with van der Waals surface area (Å²) < 4.78 is 5.77. The zero-order valence-corrected chi connectivity index (χ0v) is 22.2. The van der Waals surface area contributed by atoms with E-state index in [4.69, 9.17) is 4.74 Å². The second-order valence-electron chi connectivity index (χ2n) is 14.2. The summed E-state index contributed by atoms with van der Waals surface area (Å²) in [6.07, 6.45) is 12.7. The van der Waals surface area contributed by atoms with Gasteiger partial charge < -0.3 is 9.84 Å². The number of carbonyl (C=O) groups is 1. The van der Waals surface area contributed by atoms with E-state index in [-0.39, 0.29) is 17.5 Å². The van der Waals surface area contributed by atoms with Gasteiger partial charge in [-0.1, -0.05) is 34.6 Å². The highest BCUT2D eigenvalue weighted by molar-refractivity contribution is 5.65. The number of fused-ring (bicyclic) bond motifs is 7. The molecule has 33 heavy (non-hydrogen) atoms. The Balaban J connectivity index is 1.46. The largest absolute Gasteiger partial charge is 0.465 e. The molecule has 188 valence electrons. The zero-order valence-electron chi connectivity index (χ0n) is 22.2. The highest BCUT2D eigenvalue weighted by atomic mass is 16.5. The van der Waals surface area contributed by atoms with E-state index < -0.39 is 0 Å². The molecule has 0 heterocycles. The van der Waals surface area contributed by atoms with E-state index in [1.807, 2.05) is 0 Å². The maximum Gasteiger partial charge on any atom is 0.302 e. The van der Waals surface area contributed by atoms with Crippen molar-refractivity contribution in [3.63, 3.8) is 0 Å². The van der Waals surface area contributed by atoms with Crippen molar-refractivity contribution in [2.24, 2.45) is 63.6 Å². The minimum absolute atomic E-state index is 0.0920. The summed E-state index contributed by atoms with van der Waals surface area (Å²) in [7, 11) is 0. The Morgan fingerprint density at radius 3 is 2.27 bits per heavy atom. The second-order valence-corrected chi connectivity index (χ2v) is 14.2. The van der Waals surface area contributed by atoms with Crippen LogP contribution >= 0.6 is 0 Å². The summed E-state index contributed by atoms with van der Waals surface area (Å²) in [4.78, 5) is 11.8. The summed E-state index contributed by atoms with van der Waals surface area (Å²) in [6.45, 7) is 14.7. The van der Waals surface area contributed by atoms with Crippen LogP contribution in [0.5, 0.6) is 0 Å². The molecule has 0 spiro atoms. The molecule has 0 bridgehead atoms. The summed E-state index contributed by atoms with van der Waals surface area (Å²) in [5.41, 5.74) is 1.07. The molecule has 5 aliphatic carbocycles. The predicted molar refractivity (Wildman–Crippen MR) is 132 cm³/mol. The molecule has 0 amide bonds. The molecule has 5 saturated carbocycles. The van der Waals surface area contributed by atoms with Crippen molar-refractivity contribution < 1.29 is 14.6 Å². The van der Waals surface area contributed by atoms with E-state index in [1.54, 1.807) is 6.92 Å². The van der Waals surface area contributed by atoms with Crippen molar-refractivity contribution in [1.29, 1.82) is 0 Å². The van der Waals surface area contributed by atoms with E-state index in [9.17, 15) is 9.90 Å². The Morgan fingerprint density at radius 1 is 0.939 bits per heavy atom. The summed E-state index contributed by atoms with van der Waals surface area (Å²) in [5.74, 6) is 5.70. The molecule has 11 atom stereocenters. The number of rotatable bonds is 3. The van der Waals surface area contributed by atoms with E-state index in [2.05, 4.69) is 34.6 Å². The maximum atomic E-state index is 11.8. The molecule has 5 aliphatic rings. The van der Waals surface area contributed by atoms with Crippen LogP contribution in [0.15, 0.2) is 0 Å². The average Bonchev–Trinajstić information content (AvgIpc) is 3.16. The van der Waals surface area contributed by atoms with Crippen LogP contribution in [0.1, 0.15) is 106 Å². The number of hydrogen-bond acceptors (Lipinski definition) is 3. The number of carbonyl (C=O) groups excluding carboxylic acids is 1. The number of hydrogen-bond donors (Lipinski definition) is 1. The highest BCUT2D eigenvalue weighted by Gasteiger charge is 2.66. The van der Waals surface area contributed by atoms with Crippen LogP contribution in [0.4, 0.5) is 0 Å². The minimum Gasteiger partial charge on any atom is -0.465 e. The van der Waals surface area contributed by atoms with Crippen LogP contribution < -0.4 is 0 Å². The van der Waals surface area contributed by atoms with Gasteiger partial charge in [0.2, 0.25) is 0 Å². The number of aliphatic hydroxyl groups excluding tert-OH is 1. The Bertz CT molecular complexity index is 762. The SMILES string of the molecule is CC(=O)OCC12CCC3C(CCC4[C@@]3(C)CCC3[C@@H](C)C(O)CC[C@@]34C)C1[C@H](C(C)C)CC2. The lowest BCUT2D eigenvalue weighted by atomic mass is 9.37. The van der Waals surface area contributed by atoms with Gasteiger partial charge in [0.15, 0.2) is 0 Å². The third-order valence-electron chi connectivity index (χ3n) is 12.8. The van der Waals surface area contributed by atoms with Crippen LogP contribution in [0.2, 0.25) is 0 Å². The first-order chi connectivity index (χ1) is 15.5. The van der Waals surface area contributed by atoms with Crippen LogP contribution in [0, 0.1) is 63.6 Å². The summed E-state index contributed by atoms with van der Waals surface area (Å²) in [6, 6.07) is 0. The van der Waals surface area contributed by atoms with Gasteiger partial charge in [0.05, 0.1) is 12.7 Å². The first-order valence-corrected chi connectivity index (χ1v) is 14.3. The lowest BCUT2D eigenvalue weighted by molar-refractivity contribution is -0.202. The van der Waals surface area contributed by atoms with Gasteiger partial charge in [0.25, 0.3) is 0 Å². The molecule has 3 nitrogen and oxygen atoms in total. The predicted octanol–water partition coefficient (Wildman–Crippen LogP) is 6.87. The molecule has 1 N–H and O–H groups in total. The van der Waals surface area contributed by atoms with Crippen LogP contribution in [0.3, 0.4) is 0 Å². The fourth-order valence-corrected chi connectivity index (χ4v) is 11.3. The van der Waals surface area contributed by atoms with E-state index in [0.29, 0.717) is 35.2 Å². The number of aliphatic hydroxyl groups is 1. The quantitative estimate of drug-likeness (QED) is 0.470. The van der Waals surface area contributed by atoms with Crippen molar-refractivity contribution in [3.05, 3.63) is 0 Å². The highest BCUT2D eigenvalue weighted by Crippen LogP contribution is 2.72. The second kappa shape index (κ2) is 8.24. The first kappa shape index (κ1) is 24.1. The van der Waals surface area contributed by atoms with Gasteiger partial charge in [0, 0.05) is 12.3 Å². The lowest BCUT2D eigenvalue weighted by Crippen LogP contribution is -2.61. The molecule has 5 fully saturated rings. The van der Waals surface area contributed by atoms with Gasteiger partial charge in [-0.3, -0.25) is 4.79 Å². The molecule has 0 aromatic carbocycles. The van der Waals surface area contributed by atoms with Gasteiger partial charge in [-0.05, 0) is 122 Å². The van der Waals surface area contributed by atoms with Gasteiger partial charge in [-0.15, -0.1) is 0 Å². The molecular weight excluding hydrogens is 408 g/mol. The topological polar surface area (TPSA) is 46.5 Å². The molecule has 0 aromatic heterocycles. The van der Waals surface area contributed by atoms with Crippen molar-refractivity contribution >= 4 is 5.97 Å². The third-order valence-corrected chi connectivity index (χ3v) is 12.8. The fraction of sp³-hybridized carbons (Fsp3) is 0.967. The fourth-order valence-electron chi connectivity index (χ4n) is 11.3. The zero-order chi connectivity index (χ0) is 23.8. The molecule has 0 radical (unpaired) electrons. The molecule has 0 aromatic rings. The van der Waals surface area contributed by atoms with Crippen LogP contribution in [-0.2, 0) is 9.53 Å². The monoisotopic (exact) mass is 458 g/mol.